The number of aromatic carboxylic acids is 1. The zero-order valence-electron chi connectivity index (χ0n) is 11.6. The smallest absolute Gasteiger partial charge is 0.337 e. The van der Waals surface area contributed by atoms with Crippen LogP contribution in [0.4, 0.5) is 0 Å². The quantitative estimate of drug-likeness (QED) is 0.875. The van der Waals surface area contributed by atoms with E-state index in [1.54, 1.807) is 30.3 Å². The maximum atomic E-state index is 11.6. The van der Waals surface area contributed by atoms with Crippen LogP contribution < -0.4 is 4.74 Å². The van der Waals surface area contributed by atoms with Crippen LogP contribution in [0.15, 0.2) is 42.5 Å². The van der Waals surface area contributed by atoms with Crippen LogP contribution in [0.5, 0.6) is 5.75 Å². The van der Waals surface area contributed by atoms with E-state index < -0.39 is 11.9 Å². The number of esters is 1. The average molecular weight is 286 g/mol. The van der Waals surface area contributed by atoms with Crippen LogP contribution in [-0.4, -0.2) is 31.3 Å². The van der Waals surface area contributed by atoms with Gasteiger partial charge in [-0.1, -0.05) is 12.1 Å². The van der Waals surface area contributed by atoms with Gasteiger partial charge in [0.1, 0.15) is 5.75 Å². The molecule has 0 heterocycles. The summed E-state index contributed by atoms with van der Waals surface area (Å²) in [7, 11) is 2.84. The fourth-order valence-electron chi connectivity index (χ4n) is 1.97. The first-order chi connectivity index (χ1) is 10.1. The molecule has 0 amide bonds. The maximum Gasteiger partial charge on any atom is 0.337 e. The molecule has 108 valence electrons. The van der Waals surface area contributed by atoms with E-state index in [0.717, 1.165) is 5.56 Å². The number of carbonyl (C=O) groups excluding carboxylic acids is 1. The summed E-state index contributed by atoms with van der Waals surface area (Å²) in [6.07, 6.45) is 0. The molecule has 0 aromatic heterocycles. The lowest BCUT2D eigenvalue weighted by molar-refractivity contribution is 0.0600. The highest BCUT2D eigenvalue weighted by Gasteiger charge is 2.12. The van der Waals surface area contributed by atoms with Crippen LogP contribution in [0, 0.1) is 0 Å². The number of hydrogen-bond donors (Lipinski definition) is 1. The molecule has 0 fully saturated rings. The van der Waals surface area contributed by atoms with Gasteiger partial charge >= 0.3 is 11.9 Å². The van der Waals surface area contributed by atoms with Crippen molar-refractivity contribution in [3.8, 4) is 16.9 Å². The summed E-state index contributed by atoms with van der Waals surface area (Å²) in [6, 6.07) is 11.3. The maximum absolute atomic E-state index is 11.6. The Hall–Kier alpha value is -2.82. The van der Waals surface area contributed by atoms with Gasteiger partial charge in [-0.15, -0.1) is 0 Å². The predicted octanol–water partition coefficient (Wildman–Crippen LogP) is 2.85. The molecule has 0 atom stereocenters. The minimum absolute atomic E-state index is 0.196. The third kappa shape index (κ3) is 3.02. The zero-order chi connectivity index (χ0) is 15.4. The van der Waals surface area contributed by atoms with Crippen molar-refractivity contribution in [2.45, 2.75) is 0 Å². The van der Waals surface area contributed by atoms with Gasteiger partial charge in [-0.05, 0) is 35.9 Å². The molecule has 5 heteroatoms. The van der Waals surface area contributed by atoms with E-state index in [1.807, 2.05) is 0 Å². The Morgan fingerprint density at radius 2 is 1.57 bits per heavy atom. The van der Waals surface area contributed by atoms with Gasteiger partial charge in [0, 0.05) is 5.56 Å². The van der Waals surface area contributed by atoms with Crippen LogP contribution in [0.1, 0.15) is 20.7 Å². The Labute approximate surface area is 121 Å². The number of rotatable bonds is 4. The van der Waals surface area contributed by atoms with E-state index in [9.17, 15) is 9.59 Å². The second-order valence-corrected chi connectivity index (χ2v) is 4.29. The summed E-state index contributed by atoms with van der Waals surface area (Å²) in [5.74, 6) is -0.844. The van der Waals surface area contributed by atoms with Crippen LogP contribution >= 0.6 is 0 Å². The lowest BCUT2D eigenvalue weighted by atomic mass is 10.0. The molecule has 0 saturated carbocycles. The number of carboxylic acids is 1. The lowest BCUT2D eigenvalue weighted by Crippen LogP contribution is -2.02. The number of ether oxygens (including phenoxy) is 2. The first-order valence-electron chi connectivity index (χ1n) is 6.17. The van der Waals surface area contributed by atoms with E-state index in [0.29, 0.717) is 16.9 Å². The van der Waals surface area contributed by atoms with Crippen molar-refractivity contribution in [3.05, 3.63) is 53.6 Å². The second-order valence-electron chi connectivity index (χ2n) is 4.29. The van der Waals surface area contributed by atoms with E-state index in [1.165, 1.54) is 26.4 Å². The van der Waals surface area contributed by atoms with E-state index >= 15 is 0 Å². The Morgan fingerprint density at radius 3 is 2.10 bits per heavy atom. The largest absolute Gasteiger partial charge is 0.496 e. The molecule has 2 rings (SSSR count). The van der Waals surface area contributed by atoms with Gasteiger partial charge in [0.25, 0.3) is 0 Å². The molecule has 0 radical (unpaired) electrons. The molecule has 1 N–H and O–H groups in total. The fraction of sp³-hybridized carbons (Fsp3) is 0.125. The molecular weight excluding hydrogens is 272 g/mol. The van der Waals surface area contributed by atoms with Gasteiger partial charge in [0.15, 0.2) is 0 Å². The number of methoxy groups -OCH3 is 2. The summed E-state index contributed by atoms with van der Waals surface area (Å²) in [4.78, 5) is 22.5. The van der Waals surface area contributed by atoms with Crippen molar-refractivity contribution in [3.63, 3.8) is 0 Å². The average Bonchev–Trinajstić information content (AvgIpc) is 2.53. The predicted molar refractivity (Wildman–Crippen MR) is 76.7 cm³/mol. The van der Waals surface area contributed by atoms with Crippen molar-refractivity contribution < 1.29 is 24.2 Å². The molecule has 0 unspecified atom stereocenters. The Kier molecular flexibility index (Phi) is 4.23. The van der Waals surface area contributed by atoms with Crippen LogP contribution in [-0.2, 0) is 4.74 Å². The molecule has 0 aliphatic heterocycles. The number of carboxylic acid groups (broad SMARTS) is 1. The first kappa shape index (κ1) is 14.6. The summed E-state index contributed by atoms with van der Waals surface area (Å²) < 4.78 is 9.97. The van der Waals surface area contributed by atoms with Crippen molar-refractivity contribution in [2.24, 2.45) is 0 Å². The highest BCUT2D eigenvalue weighted by Crippen LogP contribution is 2.31. The van der Waals surface area contributed by atoms with Crippen molar-refractivity contribution in [2.75, 3.05) is 14.2 Å². The highest BCUT2D eigenvalue weighted by atomic mass is 16.5. The van der Waals surface area contributed by atoms with Crippen LogP contribution in [0.2, 0.25) is 0 Å². The normalized spacial score (nSPS) is 10.0. The Morgan fingerprint density at radius 1 is 0.952 bits per heavy atom. The Bertz CT molecular complexity index is 674. The van der Waals surface area contributed by atoms with E-state index in [2.05, 4.69) is 0 Å². The molecule has 21 heavy (non-hydrogen) atoms. The summed E-state index contributed by atoms with van der Waals surface area (Å²) in [5.41, 5.74) is 2.04. The van der Waals surface area contributed by atoms with Gasteiger partial charge in [0.05, 0.1) is 25.3 Å². The van der Waals surface area contributed by atoms with Crippen LogP contribution in [0.25, 0.3) is 11.1 Å². The monoisotopic (exact) mass is 286 g/mol. The highest BCUT2D eigenvalue weighted by molar-refractivity contribution is 5.92. The molecule has 2 aromatic carbocycles. The molecule has 0 aliphatic rings. The van der Waals surface area contributed by atoms with Gasteiger partial charge in [-0.2, -0.15) is 0 Å². The number of hydrogen-bond acceptors (Lipinski definition) is 4. The third-order valence-electron chi connectivity index (χ3n) is 3.06. The number of carbonyl (C=O) groups is 2. The molecule has 0 bridgehead atoms. The third-order valence-corrected chi connectivity index (χ3v) is 3.06. The summed E-state index contributed by atoms with van der Waals surface area (Å²) in [5, 5.41) is 8.91. The fourth-order valence-corrected chi connectivity index (χ4v) is 1.97. The molecule has 2 aromatic rings. The SMILES string of the molecule is COC(=O)c1ccc(OC)c(-c2ccc(C(=O)O)cc2)c1. The van der Waals surface area contributed by atoms with Gasteiger partial charge in [-0.3, -0.25) is 0 Å². The molecule has 0 saturated heterocycles. The van der Waals surface area contributed by atoms with Crippen molar-refractivity contribution in [1.82, 2.24) is 0 Å². The molecule has 0 spiro atoms. The Balaban J connectivity index is 2.49. The lowest BCUT2D eigenvalue weighted by Gasteiger charge is -2.10. The zero-order valence-corrected chi connectivity index (χ0v) is 11.6. The second kappa shape index (κ2) is 6.09. The van der Waals surface area contributed by atoms with E-state index in [4.69, 9.17) is 14.6 Å². The standard InChI is InChI=1S/C16H14O5/c1-20-14-8-7-12(16(19)21-2)9-13(14)10-3-5-11(6-4-10)15(17)18/h3-9H,1-2H3,(H,17,18). The van der Waals surface area contributed by atoms with Gasteiger partial charge in [0.2, 0.25) is 0 Å². The van der Waals surface area contributed by atoms with Gasteiger partial charge in [-0.25, -0.2) is 9.59 Å². The topological polar surface area (TPSA) is 72.8 Å². The van der Waals surface area contributed by atoms with Gasteiger partial charge < -0.3 is 14.6 Å². The molecule has 5 nitrogen and oxygen atoms in total. The summed E-state index contributed by atoms with van der Waals surface area (Å²) in [6.45, 7) is 0. The van der Waals surface area contributed by atoms with Crippen LogP contribution in [0.3, 0.4) is 0 Å². The number of benzene rings is 2. The minimum Gasteiger partial charge on any atom is -0.496 e. The summed E-state index contributed by atoms with van der Waals surface area (Å²) >= 11 is 0. The first-order valence-corrected chi connectivity index (χ1v) is 6.17. The molecule has 0 aliphatic carbocycles. The van der Waals surface area contributed by atoms with Crippen molar-refractivity contribution in [1.29, 1.82) is 0 Å². The van der Waals surface area contributed by atoms with Crippen molar-refractivity contribution >= 4 is 11.9 Å². The van der Waals surface area contributed by atoms with E-state index in [-0.39, 0.29) is 5.56 Å². The minimum atomic E-state index is -0.989. The molecular formula is C16H14O5.